The minimum Gasteiger partial charge on any atom is -0.481 e. The Morgan fingerprint density at radius 1 is 1.61 bits per heavy atom. The largest absolute Gasteiger partial charge is 0.481 e. The Morgan fingerprint density at radius 2 is 2.39 bits per heavy atom. The van der Waals surface area contributed by atoms with Crippen molar-refractivity contribution in [1.82, 2.24) is 10.3 Å². The highest BCUT2D eigenvalue weighted by Gasteiger charge is 2.08. The van der Waals surface area contributed by atoms with Crippen LogP contribution >= 0.6 is 0 Å². The molecule has 0 saturated heterocycles. The van der Waals surface area contributed by atoms with Crippen LogP contribution in [-0.2, 0) is 6.54 Å². The van der Waals surface area contributed by atoms with Crippen LogP contribution in [0.5, 0.6) is 5.88 Å². The van der Waals surface area contributed by atoms with Gasteiger partial charge >= 0.3 is 0 Å². The zero-order valence-electron chi connectivity index (χ0n) is 10.8. The Bertz CT molecular complexity index is 378. The molecule has 0 fully saturated rings. The van der Waals surface area contributed by atoms with E-state index in [0.29, 0.717) is 18.8 Å². The maximum Gasteiger partial charge on any atom is 0.212 e. The van der Waals surface area contributed by atoms with Gasteiger partial charge in [0.15, 0.2) is 0 Å². The molecule has 6 nitrogen and oxygen atoms in total. The Labute approximate surface area is 107 Å². The molecule has 0 saturated carbocycles. The Kier molecular flexibility index (Phi) is 5.93. The first-order valence-corrected chi connectivity index (χ1v) is 5.88. The van der Waals surface area contributed by atoms with E-state index in [2.05, 4.69) is 22.4 Å². The van der Waals surface area contributed by atoms with Gasteiger partial charge in [0.1, 0.15) is 5.84 Å². The lowest BCUT2D eigenvalue weighted by atomic mass is 10.1. The molecule has 0 spiro atoms. The van der Waals surface area contributed by atoms with Crippen molar-refractivity contribution in [3.05, 3.63) is 23.9 Å². The molecule has 1 aromatic heterocycles. The fourth-order valence-corrected chi connectivity index (χ4v) is 1.55. The molecule has 1 atom stereocenters. The number of aromatic nitrogens is 1. The minimum absolute atomic E-state index is 0.183. The van der Waals surface area contributed by atoms with Crippen LogP contribution in [0.3, 0.4) is 0 Å². The van der Waals surface area contributed by atoms with Crippen molar-refractivity contribution in [3.8, 4) is 5.88 Å². The summed E-state index contributed by atoms with van der Waals surface area (Å²) >= 11 is 0. The standard InChI is InChI=1S/C12H20N4O2/c1-3-10(6-11(13)16-17)14-7-9-4-5-12(18-2)15-8-9/h4-5,8,10,14,17H,3,6-7H2,1-2H3,(H2,13,16). The molecule has 0 aliphatic heterocycles. The summed E-state index contributed by atoms with van der Waals surface area (Å²) in [5.74, 6) is 0.838. The molecule has 1 rings (SSSR count). The van der Waals surface area contributed by atoms with Gasteiger partial charge in [0.25, 0.3) is 0 Å². The number of ether oxygens (including phenoxy) is 1. The molecule has 100 valence electrons. The molecule has 0 radical (unpaired) electrons. The number of nitrogens with two attached hydrogens (primary N) is 1. The van der Waals surface area contributed by atoms with Gasteiger partial charge in [-0.15, -0.1) is 0 Å². The van der Waals surface area contributed by atoms with E-state index >= 15 is 0 Å². The molecular weight excluding hydrogens is 232 g/mol. The molecule has 0 aliphatic rings. The van der Waals surface area contributed by atoms with Crippen molar-refractivity contribution >= 4 is 5.84 Å². The van der Waals surface area contributed by atoms with E-state index < -0.39 is 0 Å². The second-order valence-corrected chi connectivity index (χ2v) is 3.99. The quantitative estimate of drug-likeness (QED) is 0.292. The molecule has 0 aliphatic carbocycles. The van der Waals surface area contributed by atoms with Crippen LogP contribution in [0.25, 0.3) is 0 Å². The first kappa shape index (κ1) is 14.2. The SMILES string of the molecule is CCC(CC(N)=NO)NCc1ccc(OC)nc1. The molecule has 6 heteroatoms. The van der Waals surface area contributed by atoms with E-state index in [1.54, 1.807) is 13.3 Å². The van der Waals surface area contributed by atoms with Crippen LogP contribution in [0.2, 0.25) is 0 Å². The van der Waals surface area contributed by atoms with Crippen LogP contribution in [0.15, 0.2) is 23.5 Å². The number of pyridine rings is 1. The van der Waals surface area contributed by atoms with Crippen molar-refractivity contribution in [1.29, 1.82) is 0 Å². The number of rotatable bonds is 7. The van der Waals surface area contributed by atoms with E-state index in [1.165, 1.54) is 0 Å². The average Bonchev–Trinajstić information content (AvgIpc) is 2.43. The van der Waals surface area contributed by atoms with Crippen LogP contribution < -0.4 is 15.8 Å². The number of methoxy groups -OCH3 is 1. The third-order valence-corrected chi connectivity index (χ3v) is 2.68. The predicted molar refractivity (Wildman–Crippen MR) is 69.7 cm³/mol. The number of hydrogen-bond acceptors (Lipinski definition) is 5. The van der Waals surface area contributed by atoms with Gasteiger partial charge in [-0.1, -0.05) is 18.1 Å². The predicted octanol–water partition coefficient (Wildman–Crippen LogP) is 1.09. The highest BCUT2D eigenvalue weighted by Crippen LogP contribution is 2.07. The summed E-state index contributed by atoms with van der Waals surface area (Å²) < 4.78 is 4.99. The van der Waals surface area contributed by atoms with Crippen molar-refractivity contribution in [2.45, 2.75) is 32.4 Å². The monoisotopic (exact) mass is 252 g/mol. The van der Waals surface area contributed by atoms with Crippen LogP contribution in [0.1, 0.15) is 25.3 Å². The molecule has 1 unspecified atom stereocenters. The third-order valence-electron chi connectivity index (χ3n) is 2.68. The minimum atomic E-state index is 0.183. The van der Waals surface area contributed by atoms with Gasteiger partial charge in [0.05, 0.1) is 7.11 Å². The van der Waals surface area contributed by atoms with E-state index in [4.69, 9.17) is 15.7 Å². The molecule has 4 N–H and O–H groups in total. The van der Waals surface area contributed by atoms with Gasteiger partial charge in [0, 0.05) is 31.3 Å². The first-order chi connectivity index (χ1) is 8.69. The number of amidine groups is 1. The normalized spacial score (nSPS) is 13.3. The van der Waals surface area contributed by atoms with Crippen LogP contribution in [0.4, 0.5) is 0 Å². The summed E-state index contributed by atoms with van der Waals surface area (Å²) in [4.78, 5) is 4.13. The summed E-state index contributed by atoms with van der Waals surface area (Å²) in [5, 5.41) is 14.8. The summed E-state index contributed by atoms with van der Waals surface area (Å²) in [6.07, 6.45) is 3.19. The number of hydrogen-bond donors (Lipinski definition) is 3. The first-order valence-electron chi connectivity index (χ1n) is 5.88. The van der Waals surface area contributed by atoms with Gasteiger partial charge in [-0.3, -0.25) is 0 Å². The lowest BCUT2D eigenvalue weighted by molar-refractivity contribution is 0.315. The smallest absolute Gasteiger partial charge is 0.212 e. The van der Waals surface area contributed by atoms with Crippen molar-refractivity contribution in [3.63, 3.8) is 0 Å². The van der Waals surface area contributed by atoms with Gasteiger partial charge in [-0.25, -0.2) is 4.98 Å². The molecule has 0 bridgehead atoms. The summed E-state index contributed by atoms with van der Waals surface area (Å²) in [6, 6.07) is 3.96. The molecule has 1 heterocycles. The molecule has 1 aromatic rings. The number of oxime groups is 1. The van der Waals surface area contributed by atoms with E-state index in [1.807, 2.05) is 12.1 Å². The van der Waals surface area contributed by atoms with Gasteiger partial charge < -0.3 is 21.0 Å². The van der Waals surface area contributed by atoms with E-state index in [-0.39, 0.29) is 11.9 Å². The second-order valence-electron chi connectivity index (χ2n) is 3.99. The third kappa shape index (κ3) is 4.58. The maximum absolute atomic E-state index is 8.53. The maximum atomic E-state index is 8.53. The van der Waals surface area contributed by atoms with Crippen molar-refractivity contribution in [2.75, 3.05) is 7.11 Å². The highest BCUT2D eigenvalue weighted by atomic mass is 16.5. The molecular formula is C12H20N4O2. The van der Waals surface area contributed by atoms with E-state index in [0.717, 1.165) is 12.0 Å². The van der Waals surface area contributed by atoms with Gasteiger partial charge in [-0.2, -0.15) is 0 Å². The topological polar surface area (TPSA) is 92.8 Å². The second kappa shape index (κ2) is 7.50. The molecule has 0 aromatic carbocycles. The number of nitrogens with zero attached hydrogens (tertiary/aromatic N) is 2. The fourth-order valence-electron chi connectivity index (χ4n) is 1.55. The lowest BCUT2D eigenvalue weighted by Crippen LogP contribution is -2.32. The summed E-state index contributed by atoms with van der Waals surface area (Å²) in [6.45, 7) is 2.74. The zero-order valence-corrected chi connectivity index (χ0v) is 10.8. The van der Waals surface area contributed by atoms with Gasteiger partial charge in [-0.05, 0) is 12.0 Å². The van der Waals surface area contributed by atoms with Crippen molar-refractivity contribution in [2.24, 2.45) is 10.9 Å². The number of nitrogens with one attached hydrogen (secondary N) is 1. The van der Waals surface area contributed by atoms with Crippen LogP contribution in [-0.4, -0.2) is 29.2 Å². The Hall–Kier alpha value is -1.82. The summed E-state index contributed by atoms with van der Waals surface area (Å²) in [5.41, 5.74) is 6.55. The zero-order chi connectivity index (χ0) is 13.4. The van der Waals surface area contributed by atoms with Gasteiger partial charge in [0.2, 0.25) is 5.88 Å². The average molecular weight is 252 g/mol. The van der Waals surface area contributed by atoms with Crippen LogP contribution in [0, 0.1) is 0 Å². The molecule has 0 amide bonds. The Balaban J connectivity index is 2.46. The fraction of sp³-hybridized carbons (Fsp3) is 0.500. The molecule has 18 heavy (non-hydrogen) atoms. The van der Waals surface area contributed by atoms with Crippen molar-refractivity contribution < 1.29 is 9.94 Å². The summed E-state index contributed by atoms with van der Waals surface area (Å²) in [7, 11) is 1.59. The lowest BCUT2D eigenvalue weighted by Gasteiger charge is -2.16. The van der Waals surface area contributed by atoms with E-state index in [9.17, 15) is 0 Å². The Morgan fingerprint density at radius 3 is 2.89 bits per heavy atom. The highest BCUT2D eigenvalue weighted by molar-refractivity contribution is 5.80.